The van der Waals surface area contributed by atoms with Gasteiger partial charge in [-0.3, -0.25) is 14.4 Å². The number of amides is 3. The number of phenols is 1. The molecular formula is C26H34N4O6. The molecule has 0 saturated heterocycles. The van der Waals surface area contributed by atoms with Crippen LogP contribution in [-0.4, -0.2) is 58.1 Å². The summed E-state index contributed by atoms with van der Waals surface area (Å²) in [7, 11) is 0. The Balaban J connectivity index is 2.18. The SMILES string of the molecule is CC(N)C(=O)NC(Cc1ccc(O)cc1)C(=O)NC(C(=O)NC(Cc1ccccc1)C(=O)O)C(C)C. The quantitative estimate of drug-likeness (QED) is 0.250. The zero-order valence-corrected chi connectivity index (χ0v) is 20.6. The molecule has 10 nitrogen and oxygen atoms in total. The third kappa shape index (κ3) is 8.70. The molecule has 0 saturated carbocycles. The number of nitrogens with one attached hydrogen (secondary N) is 3. The average molecular weight is 499 g/mol. The van der Waals surface area contributed by atoms with Crippen LogP contribution in [0.1, 0.15) is 31.9 Å². The zero-order chi connectivity index (χ0) is 26.8. The van der Waals surface area contributed by atoms with Gasteiger partial charge in [-0.2, -0.15) is 0 Å². The van der Waals surface area contributed by atoms with Crippen molar-refractivity contribution in [2.45, 2.75) is 57.8 Å². The van der Waals surface area contributed by atoms with E-state index >= 15 is 0 Å². The van der Waals surface area contributed by atoms with Crippen molar-refractivity contribution in [2.24, 2.45) is 11.7 Å². The predicted octanol–water partition coefficient (Wildman–Crippen LogP) is 0.720. The maximum atomic E-state index is 13.2. The molecule has 2 aromatic rings. The number of rotatable bonds is 12. The molecule has 10 heteroatoms. The summed E-state index contributed by atoms with van der Waals surface area (Å²) in [5.74, 6) is -3.34. The summed E-state index contributed by atoms with van der Waals surface area (Å²) in [5.41, 5.74) is 7.05. The number of benzene rings is 2. The molecule has 194 valence electrons. The van der Waals surface area contributed by atoms with Crippen LogP contribution in [0.25, 0.3) is 0 Å². The second kappa shape index (κ2) is 13.2. The number of carbonyl (C=O) groups is 4. The van der Waals surface area contributed by atoms with Gasteiger partial charge in [0, 0.05) is 12.8 Å². The maximum absolute atomic E-state index is 13.2. The van der Waals surface area contributed by atoms with E-state index in [1.54, 1.807) is 56.3 Å². The third-order valence-corrected chi connectivity index (χ3v) is 5.57. The van der Waals surface area contributed by atoms with Crippen LogP contribution in [0.5, 0.6) is 5.75 Å². The van der Waals surface area contributed by atoms with Crippen molar-refractivity contribution < 1.29 is 29.4 Å². The number of hydrogen-bond acceptors (Lipinski definition) is 6. The molecule has 0 fully saturated rings. The predicted molar refractivity (Wildman–Crippen MR) is 134 cm³/mol. The summed E-state index contributed by atoms with van der Waals surface area (Å²) in [6.07, 6.45) is 0.164. The van der Waals surface area contributed by atoms with E-state index in [1.165, 1.54) is 19.1 Å². The van der Waals surface area contributed by atoms with E-state index in [0.29, 0.717) is 5.56 Å². The highest BCUT2D eigenvalue weighted by Crippen LogP contribution is 2.13. The van der Waals surface area contributed by atoms with Crippen molar-refractivity contribution in [2.75, 3.05) is 0 Å². The van der Waals surface area contributed by atoms with Gasteiger partial charge in [-0.25, -0.2) is 4.79 Å². The maximum Gasteiger partial charge on any atom is 0.326 e. The number of nitrogens with two attached hydrogens (primary N) is 1. The van der Waals surface area contributed by atoms with Gasteiger partial charge in [0.1, 0.15) is 23.9 Å². The van der Waals surface area contributed by atoms with Gasteiger partial charge >= 0.3 is 5.97 Å². The molecule has 2 aromatic carbocycles. The number of carboxylic acids is 1. The fourth-order valence-corrected chi connectivity index (χ4v) is 3.48. The Morgan fingerprint density at radius 2 is 1.28 bits per heavy atom. The molecule has 4 atom stereocenters. The molecule has 0 bridgehead atoms. The van der Waals surface area contributed by atoms with Crippen molar-refractivity contribution in [3.63, 3.8) is 0 Å². The highest BCUT2D eigenvalue weighted by molar-refractivity contribution is 5.94. The first kappa shape index (κ1) is 28.3. The summed E-state index contributed by atoms with van der Waals surface area (Å²) >= 11 is 0. The number of aliphatic carboxylic acids is 1. The highest BCUT2D eigenvalue weighted by atomic mass is 16.4. The number of aromatic hydroxyl groups is 1. The summed E-state index contributed by atoms with van der Waals surface area (Å²) in [6, 6.07) is 10.9. The standard InChI is InChI=1S/C26H34N4O6/c1-15(2)22(25(34)29-21(26(35)36)14-17-7-5-4-6-8-17)30-24(33)20(28-23(32)16(3)27)13-18-9-11-19(31)12-10-18/h4-12,15-16,20-22,31H,13-14,27H2,1-3H3,(H,28,32)(H,29,34)(H,30,33)(H,35,36). The van der Waals surface area contributed by atoms with Gasteiger partial charge < -0.3 is 31.9 Å². The van der Waals surface area contributed by atoms with Crippen molar-refractivity contribution in [1.82, 2.24) is 16.0 Å². The van der Waals surface area contributed by atoms with Gasteiger partial charge in [0.2, 0.25) is 17.7 Å². The van der Waals surface area contributed by atoms with Gasteiger partial charge in [0.15, 0.2) is 0 Å². The molecule has 0 spiro atoms. The van der Waals surface area contributed by atoms with Crippen molar-refractivity contribution in [1.29, 1.82) is 0 Å². The number of hydrogen-bond donors (Lipinski definition) is 6. The molecule has 0 aliphatic rings. The second-order valence-electron chi connectivity index (χ2n) is 9.04. The van der Waals surface area contributed by atoms with Gasteiger partial charge in [0.05, 0.1) is 6.04 Å². The number of carbonyl (C=O) groups excluding carboxylic acids is 3. The van der Waals surface area contributed by atoms with E-state index < -0.39 is 47.9 Å². The Bertz CT molecular complexity index is 1040. The normalized spacial score (nSPS) is 14.2. The summed E-state index contributed by atoms with van der Waals surface area (Å²) in [6.45, 7) is 4.91. The molecule has 4 unspecified atom stereocenters. The Morgan fingerprint density at radius 1 is 0.750 bits per heavy atom. The van der Waals surface area contributed by atoms with Crippen LogP contribution in [-0.2, 0) is 32.0 Å². The minimum absolute atomic E-state index is 0.0550. The minimum atomic E-state index is -1.20. The van der Waals surface area contributed by atoms with Crippen molar-refractivity contribution >= 4 is 23.7 Å². The molecule has 2 rings (SSSR count). The van der Waals surface area contributed by atoms with Crippen LogP contribution < -0.4 is 21.7 Å². The first-order valence-electron chi connectivity index (χ1n) is 11.7. The lowest BCUT2D eigenvalue weighted by Gasteiger charge is -2.27. The number of phenolic OH excluding ortho intramolecular Hbond substituents is 1. The van der Waals surface area contributed by atoms with Crippen molar-refractivity contribution in [3.05, 3.63) is 65.7 Å². The molecule has 36 heavy (non-hydrogen) atoms. The smallest absolute Gasteiger partial charge is 0.326 e. The molecule has 0 radical (unpaired) electrons. The van der Waals surface area contributed by atoms with Gasteiger partial charge in [0.25, 0.3) is 0 Å². The van der Waals surface area contributed by atoms with E-state index in [-0.39, 0.29) is 24.5 Å². The summed E-state index contributed by atoms with van der Waals surface area (Å²) < 4.78 is 0. The van der Waals surface area contributed by atoms with E-state index in [2.05, 4.69) is 16.0 Å². The van der Waals surface area contributed by atoms with Crippen molar-refractivity contribution in [3.8, 4) is 5.75 Å². The lowest BCUT2D eigenvalue weighted by Crippen LogP contribution is -2.58. The fourth-order valence-electron chi connectivity index (χ4n) is 3.48. The molecule has 0 heterocycles. The lowest BCUT2D eigenvalue weighted by atomic mass is 9.99. The molecule has 0 aliphatic heterocycles. The van der Waals surface area contributed by atoms with Crippen LogP contribution in [0.4, 0.5) is 0 Å². The first-order valence-corrected chi connectivity index (χ1v) is 11.7. The Labute approximate surface area is 210 Å². The highest BCUT2D eigenvalue weighted by Gasteiger charge is 2.31. The molecule has 3 amide bonds. The Morgan fingerprint density at radius 3 is 1.81 bits per heavy atom. The van der Waals surface area contributed by atoms with E-state index in [0.717, 1.165) is 5.56 Å². The average Bonchev–Trinajstić information content (AvgIpc) is 2.82. The van der Waals surface area contributed by atoms with Crippen LogP contribution in [0.2, 0.25) is 0 Å². The van der Waals surface area contributed by atoms with Crippen LogP contribution >= 0.6 is 0 Å². The summed E-state index contributed by atoms with van der Waals surface area (Å²) in [5, 5.41) is 26.9. The Kier molecular flexibility index (Phi) is 10.4. The lowest BCUT2D eigenvalue weighted by molar-refractivity contribution is -0.142. The van der Waals surface area contributed by atoms with Gasteiger partial charge in [-0.1, -0.05) is 56.3 Å². The van der Waals surface area contributed by atoms with E-state index in [9.17, 15) is 29.4 Å². The molecule has 0 aliphatic carbocycles. The van der Waals surface area contributed by atoms with Gasteiger partial charge in [-0.15, -0.1) is 0 Å². The zero-order valence-electron chi connectivity index (χ0n) is 20.6. The van der Waals surface area contributed by atoms with Crippen LogP contribution in [0.15, 0.2) is 54.6 Å². The fraction of sp³-hybridized carbons (Fsp3) is 0.385. The number of carboxylic acid groups (broad SMARTS) is 1. The van der Waals surface area contributed by atoms with E-state index in [4.69, 9.17) is 5.73 Å². The first-order chi connectivity index (χ1) is 17.0. The summed E-state index contributed by atoms with van der Waals surface area (Å²) in [4.78, 5) is 50.3. The van der Waals surface area contributed by atoms with Crippen LogP contribution in [0.3, 0.4) is 0 Å². The Hall–Kier alpha value is -3.92. The molecular weight excluding hydrogens is 464 g/mol. The van der Waals surface area contributed by atoms with E-state index in [1.807, 2.05) is 0 Å². The monoisotopic (exact) mass is 498 g/mol. The van der Waals surface area contributed by atoms with Gasteiger partial charge in [-0.05, 0) is 36.1 Å². The molecule has 7 N–H and O–H groups in total. The second-order valence-corrected chi connectivity index (χ2v) is 9.04. The largest absolute Gasteiger partial charge is 0.508 e. The molecule has 0 aromatic heterocycles. The van der Waals surface area contributed by atoms with Crippen LogP contribution in [0, 0.1) is 5.92 Å². The minimum Gasteiger partial charge on any atom is -0.508 e. The topological polar surface area (TPSA) is 171 Å². The third-order valence-electron chi connectivity index (χ3n) is 5.57.